The van der Waals surface area contributed by atoms with Crippen LogP contribution >= 0.6 is 0 Å². The topological polar surface area (TPSA) is 55.8 Å². The minimum Gasteiger partial charge on any atom is -0.480 e. The van der Waals surface area contributed by atoms with Crippen molar-refractivity contribution in [2.45, 2.75) is 13.8 Å². The number of carboxylic acid groups (broad SMARTS) is 1. The molecule has 0 aliphatic carbocycles. The van der Waals surface area contributed by atoms with Crippen molar-refractivity contribution in [3.05, 3.63) is 0 Å². The molecule has 0 saturated carbocycles. The minimum absolute atomic E-state index is 0.245. The summed E-state index contributed by atoms with van der Waals surface area (Å²) in [4.78, 5) is 9.97. The molecule has 0 amide bonds. The van der Waals surface area contributed by atoms with Gasteiger partial charge in [-0.05, 0) is 5.92 Å². The lowest BCUT2D eigenvalue weighted by molar-refractivity contribution is -0.142. The largest absolute Gasteiger partial charge is 0.480 e. The lowest BCUT2D eigenvalue weighted by atomic mass is 10.2. The van der Waals surface area contributed by atoms with E-state index in [9.17, 15) is 4.79 Å². The Kier molecular flexibility index (Phi) is 6.70. The van der Waals surface area contributed by atoms with Crippen LogP contribution in [0.2, 0.25) is 0 Å². The van der Waals surface area contributed by atoms with Gasteiger partial charge in [0, 0.05) is 6.61 Å². The van der Waals surface area contributed by atoms with Crippen molar-refractivity contribution in [1.82, 2.24) is 0 Å². The van der Waals surface area contributed by atoms with E-state index < -0.39 is 5.97 Å². The van der Waals surface area contributed by atoms with Gasteiger partial charge in [-0.25, -0.2) is 4.79 Å². The van der Waals surface area contributed by atoms with Gasteiger partial charge in [-0.3, -0.25) is 0 Å². The molecular formula is C8H16O4. The van der Waals surface area contributed by atoms with Crippen molar-refractivity contribution in [1.29, 1.82) is 0 Å². The van der Waals surface area contributed by atoms with Crippen molar-refractivity contribution in [3.8, 4) is 0 Å². The Morgan fingerprint density at radius 3 is 2.42 bits per heavy atom. The number of carboxylic acids is 1. The Morgan fingerprint density at radius 1 is 1.33 bits per heavy atom. The molecule has 0 aromatic rings. The molecule has 0 atom stereocenters. The van der Waals surface area contributed by atoms with Gasteiger partial charge in [0.2, 0.25) is 0 Å². The van der Waals surface area contributed by atoms with E-state index in [2.05, 4.69) is 13.8 Å². The van der Waals surface area contributed by atoms with Crippen LogP contribution < -0.4 is 0 Å². The summed E-state index contributed by atoms with van der Waals surface area (Å²) >= 11 is 0. The third-order valence-electron chi connectivity index (χ3n) is 1.05. The second kappa shape index (κ2) is 7.06. The molecular weight excluding hydrogens is 160 g/mol. The van der Waals surface area contributed by atoms with Crippen molar-refractivity contribution in [3.63, 3.8) is 0 Å². The molecule has 72 valence electrons. The summed E-state index contributed by atoms with van der Waals surface area (Å²) < 4.78 is 9.91. The van der Waals surface area contributed by atoms with Crippen LogP contribution in [0.1, 0.15) is 13.8 Å². The molecule has 0 aliphatic rings. The predicted molar refractivity (Wildman–Crippen MR) is 44.1 cm³/mol. The molecule has 4 nitrogen and oxygen atoms in total. The van der Waals surface area contributed by atoms with Gasteiger partial charge in [-0.1, -0.05) is 13.8 Å². The molecule has 0 aliphatic heterocycles. The molecule has 0 heterocycles. The Labute approximate surface area is 72.5 Å². The fourth-order valence-corrected chi connectivity index (χ4v) is 0.596. The first-order chi connectivity index (χ1) is 5.63. The maximum atomic E-state index is 9.97. The molecule has 0 aromatic carbocycles. The predicted octanol–water partition coefficient (Wildman–Crippen LogP) is 0.760. The number of carbonyl (C=O) groups is 1. The van der Waals surface area contributed by atoms with E-state index in [4.69, 9.17) is 14.6 Å². The number of ether oxygens (including phenoxy) is 2. The first kappa shape index (κ1) is 11.4. The molecule has 0 rings (SSSR count). The Hall–Kier alpha value is -0.610. The van der Waals surface area contributed by atoms with E-state index in [0.29, 0.717) is 25.7 Å². The van der Waals surface area contributed by atoms with Crippen LogP contribution in [0.15, 0.2) is 0 Å². The summed E-state index contributed by atoms with van der Waals surface area (Å²) in [5, 5.41) is 8.19. The Morgan fingerprint density at radius 2 is 1.92 bits per heavy atom. The second-order valence-corrected chi connectivity index (χ2v) is 2.92. The number of rotatable bonds is 7. The molecule has 0 radical (unpaired) electrons. The summed E-state index contributed by atoms with van der Waals surface area (Å²) in [5.74, 6) is -0.441. The fourth-order valence-electron chi connectivity index (χ4n) is 0.596. The van der Waals surface area contributed by atoms with E-state index in [1.165, 1.54) is 0 Å². The Bertz CT molecular complexity index is 122. The first-order valence-electron chi connectivity index (χ1n) is 4.00. The number of aliphatic carboxylic acids is 1. The average molecular weight is 176 g/mol. The smallest absolute Gasteiger partial charge is 0.329 e. The molecule has 12 heavy (non-hydrogen) atoms. The van der Waals surface area contributed by atoms with Gasteiger partial charge in [-0.2, -0.15) is 0 Å². The minimum atomic E-state index is -0.946. The quantitative estimate of drug-likeness (QED) is 0.582. The van der Waals surface area contributed by atoms with Crippen LogP contribution in [0.3, 0.4) is 0 Å². The molecule has 0 spiro atoms. The molecule has 1 N–H and O–H groups in total. The second-order valence-electron chi connectivity index (χ2n) is 2.92. The molecule has 0 bridgehead atoms. The van der Waals surface area contributed by atoms with Gasteiger partial charge in [0.05, 0.1) is 13.2 Å². The summed E-state index contributed by atoms with van der Waals surface area (Å²) in [6, 6.07) is 0. The van der Waals surface area contributed by atoms with Gasteiger partial charge in [0.15, 0.2) is 0 Å². The van der Waals surface area contributed by atoms with Crippen LogP contribution in [-0.4, -0.2) is 37.5 Å². The maximum Gasteiger partial charge on any atom is 0.329 e. The van der Waals surface area contributed by atoms with Crippen molar-refractivity contribution >= 4 is 5.97 Å². The van der Waals surface area contributed by atoms with Crippen LogP contribution in [0.4, 0.5) is 0 Å². The molecule has 0 unspecified atom stereocenters. The molecule has 0 aromatic heterocycles. The van der Waals surface area contributed by atoms with Gasteiger partial charge in [0.25, 0.3) is 0 Å². The highest BCUT2D eigenvalue weighted by molar-refractivity contribution is 5.67. The average Bonchev–Trinajstić information content (AvgIpc) is 1.95. The van der Waals surface area contributed by atoms with E-state index in [-0.39, 0.29) is 6.61 Å². The summed E-state index contributed by atoms with van der Waals surface area (Å²) in [7, 11) is 0. The van der Waals surface area contributed by atoms with Crippen LogP contribution in [0.25, 0.3) is 0 Å². The monoisotopic (exact) mass is 176 g/mol. The highest BCUT2D eigenvalue weighted by Gasteiger charge is 1.96. The van der Waals surface area contributed by atoms with Crippen molar-refractivity contribution < 1.29 is 19.4 Å². The number of hydrogen-bond acceptors (Lipinski definition) is 3. The third kappa shape index (κ3) is 9.39. The van der Waals surface area contributed by atoms with Gasteiger partial charge < -0.3 is 14.6 Å². The van der Waals surface area contributed by atoms with Crippen LogP contribution in [-0.2, 0) is 14.3 Å². The molecule has 0 saturated heterocycles. The normalized spacial score (nSPS) is 10.6. The van der Waals surface area contributed by atoms with Crippen LogP contribution in [0, 0.1) is 5.92 Å². The standard InChI is InChI=1S/C8H16O4/c1-7(2)5-11-3-4-12-6-8(9)10/h7H,3-6H2,1-2H3,(H,9,10). The highest BCUT2D eigenvalue weighted by atomic mass is 16.5. The lowest BCUT2D eigenvalue weighted by Gasteiger charge is -2.05. The lowest BCUT2D eigenvalue weighted by Crippen LogP contribution is -2.12. The highest BCUT2D eigenvalue weighted by Crippen LogP contribution is 1.91. The zero-order valence-corrected chi connectivity index (χ0v) is 7.58. The zero-order chi connectivity index (χ0) is 9.40. The zero-order valence-electron chi connectivity index (χ0n) is 7.58. The van der Waals surface area contributed by atoms with Gasteiger partial charge in [-0.15, -0.1) is 0 Å². The SMILES string of the molecule is CC(C)COCCOCC(=O)O. The first-order valence-corrected chi connectivity index (χ1v) is 4.00. The molecule has 0 fully saturated rings. The van der Waals surface area contributed by atoms with E-state index >= 15 is 0 Å². The van der Waals surface area contributed by atoms with Crippen molar-refractivity contribution in [2.75, 3.05) is 26.4 Å². The number of hydrogen-bond donors (Lipinski definition) is 1. The fraction of sp³-hybridized carbons (Fsp3) is 0.875. The van der Waals surface area contributed by atoms with E-state index in [1.54, 1.807) is 0 Å². The van der Waals surface area contributed by atoms with E-state index in [0.717, 1.165) is 0 Å². The van der Waals surface area contributed by atoms with E-state index in [1.807, 2.05) is 0 Å². The maximum absolute atomic E-state index is 9.97. The third-order valence-corrected chi connectivity index (χ3v) is 1.05. The van der Waals surface area contributed by atoms with Crippen molar-refractivity contribution in [2.24, 2.45) is 5.92 Å². The van der Waals surface area contributed by atoms with Crippen LogP contribution in [0.5, 0.6) is 0 Å². The summed E-state index contributed by atoms with van der Waals surface area (Å²) in [5.41, 5.74) is 0. The molecule has 4 heteroatoms. The summed E-state index contributed by atoms with van der Waals surface area (Å²) in [6.07, 6.45) is 0. The summed E-state index contributed by atoms with van der Waals surface area (Å²) in [6.45, 7) is 5.36. The van der Waals surface area contributed by atoms with Gasteiger partial charge in [0.1, 0.15) is 6.61 Å². The Balaban J connectivity index is 2.96. The van der Waals surface area contributed by atoms with Gasteiger partial charge >= 0.3 is 5.97 Å².